The van der Waals surface area contributed by atoms with Crippen LogP contribution in [0.3, 0.4) is 0 Å². The van der Waals surface area contributed by atoms with Gasteiger partial charge >= 0.3 is 0 Å². The second-order valence-electron chi connectivity index (χ2n) is 6.72. The van der Waals surface area contributed by atoms with Crippen molar-refractivity contribution in [2.75, 3.05) is 27.6 Å². The van der Waals surface area contributed by atoms with Crippen LogP contribution in [0.25, 0.3) is 0 Å². The average Bonchev–Trinajstić information content (AvgIpc) is 3.37. The van der Waals surface area contributed by atoms with Gasteiger partial charge in [0.1, 0.15) is 0 Å². The molecular weight excluding hydrogens is 392 g/mol. The summed E-state index contributed by atoms with van der Waals surface area (Å²) in [6.45, 7) is 2.77. The summed E-state index contributed by atoms with van der Waals surface area (Å²) in [7, 11) is 3.23. The first-order valence-electron chi connectivity index (χ1n) is 9.31. The highest BCUT2D eigenvalue weighted by atomic mass is 32.2. The van der Waals surface area contributed by atoms with Crippen molar-refractivity contribution in [3.05, 3.63) is 59.2 Å². The van der Waals surface area contributed by atoms with Crippen molar-refractivity contribution >= 4 is 17.7 Å². The third-order valence-electron chi connectivity index (χ3n) is 4.67. The van der Waals surface area contributed by atoms with Crippen molar-refractivity contribution in [3.63, 3.8) is 0 Å². The van der Waals surface area contributed by atoms with Gasteiger partial charge in [0.05, 0.1) is 6.54 Å². The number of fused-ring (bicyclic) bond motifs is 1. The fourth-order valence-electron chi connectivity index (χ4n) is 3.00. The molecule has 8 heteroatoms. The summed E-state index contributed by atoms with van der Waals surface area (Å²) in [4.78, 5) is 0. The minimum absolute atomic E-state index is 0.233. The molecule has 4 rings (SSSR count). The number of thioether (sulfide) groups is 1. The SMILES string of the molecule is COC(CN1N=C(c2ccc3c(c2)OCO3)OC1SCc1ccc(C)cc1)OC. The third kappa shape index (κ3) is 4.60. The summed E-state index contributed by atoms with van der Waals surface area (Å²) < 4.78 is 27.8. The Morgan fingerprint density at radius 3 is 2.62 bits per heavy atom. The Morgan fingerprint density at radius 2 is 1.86 bits per heavy atom. The van der Waals surface area contributed by atoms with Crippen LogP contribution in [-0.4, -0.2) is 50.3 Å². The van der Waals surface area contributed by atoms with Gasteiger partial charge in [0.25, 0.3) is 0 Å². The maximum atomic E-state index is 6.19. The lowest BCUT2D eigenvalue weighted by molar-refractivity contribution is -0.121. The predicted octanol–water partition coefficient (Wildman–Crippen LogP) is 3.55. The van der Waals surface area contributed by atoms with Crippen LogP contribution < -0.4 is 9.47 Å². The summed E-state index contributed by atoms with van der Waals surface area (Å²) in [5, 5.41) is 6.54. The number of methoxy groups -OCH3 is 2. The van der Waals surface area contributed by atoms with E-state index in [0.717, 1.165) is 17.1 Å². The monoisotopic (exact) mass is 416 g/mol. The van der Waals surface area contributed by atoms with Crippen LogP contribution in [0.15, 0.2) is 47.6 Å². The largest absolute Gasteiger partial charge is 0.454 e. The Morgan fingerprint density at radius 1 is 1.10 bits per heavy atom. The molecule has 2 aliphatic heterocycles. The Labute approximate surface area is 174 Å². The van der Waals surface area contributed by atoms with Gasteiger partial charge in [-0.05, 0) is 30.7 Å². The summed E-state index contributed by atoms with van der Waals surface area (Å²) >= 11 is 1.66. The molecule has 0 saturated carbocycles. The summed E-state index contributed by atoms with van der Waals surface area (Å²) in [5.74, 6) is 2.77. The van der Waals surface area contributed by atoms with E-state index < -0.39 is 6.29 Å². The quantitative estimate of drug-likeness (QED) is 0.610. The Bertz CT molecular complexity index is 870. The molecule has 0 bridgehead atoms. The van der Waals surface area contributed by atoms with Crippen LogP contribution in [0.1, 0.15) is 16.7 Å². The molecule has 0 fully saturated rings. The normalized spacial score (nSPS) is 17.6. The number of ether oxygens (including phenoxy) is 5. The molecule has 0 aromatic heterocycles. The van der Waals surface area contributed by atoms with Gasteiger partial charge in [-0.2, -0.15) is 0 Å². The van der Waals surface area contributed by atoms with Crippen molar-refractivity contribution in [2.24, 2.45) is 5.10 Å². The second kappa shape index (κ2) is 8.94. The predicted molar refractivity (Wildman–Crippen MR) is 111 cm³/mol. The van der Waals surface area contributed by atoms with Crippen LogP contribution >= 0.6 is 11.8 Å². The first-order chi connectivity index (χ1) is 14.2. The molecule has 2 aromatic rings. The number of aryl methyl sites for hydroxylation is 1. The van der Waals surface area contributed by atoms with E-state index in [1.165, 1.54) is 11.1 Å². The summed E-state index contributed by atoms with van der Waals surface area (Å²) in [6.07, 6.45) is -0.402. The van der Waals surface area contributed by atoms with E-state index in [2.05, 4.69) is 36.3 Å². The molecule has 2 aromatic carbocycles. The van der Waals surface area contributed by atoms with E-state index in [1.807, 2.05) is 23.2 Å². The molecule has 0 aliphatic carbocycles. The van der Waals surface area contributed by atoms with Crippen molar-refractivity contribution in [1.29, 1.82) is 0 Å². The van der Waals surface area contributed by atoms with E-state index in [0.29, 0.717) is 18.2 Å². The van der Waals surface area contributed by atoms with Crippen LogP contribution in [0, 0.1) is 6.92 Å². The molecule has 7 nitrogen and oxygen atoms in total. The molecule has 1 unspecified atom stereocenters. The smallest absolute Gasteiger partial charge is 0.241 e. The molecule has 0 N–H and O–H groups in total. The second-order valence-corrected chi connectivity index (χ2v) is 7.74. The van der Waals surface area contributed by atoms with E-state index in [-0.39, 0.29) is 12.4 Å². The zero-order chi connectivity index (χ0) is 20.2. The number of hydrogen-bond acceptors (Lipinski definition) is 8. The molecular formula is C21H24N2O5S. The fraction of sp³-hybridized carbons (Fsp3) is 0.381. The first-order valence-corrected chi connectivity index (χ1v) is 10.4. The number of rotatable bonds is 8. The molecule has 0 radical (unpaired) electrons. The molecule has 29 heavy (non-hydrogen) atoms. The van der Waals surface area contributed by atoms with Crippen LogP contribution in [-0.2, 0) is 20.0 Å². The lowest BCUT2D eigenvalue weighted by atomic mass is 10.2. The first kappa shape index (κ1) is 19.9. The van der Waals surface area contributed by atoms with E-state index >= 15 is 0 Å². The Balaban J connectivity index is 1.50. The standard InChI is InChI=1S/C21H24N2O5S/c1-14-4-6-15(7-5-14)12-29-21-23(11-19(24-2)25-3)22-20(28-21)16-8-9-17-18(10-16)27-13-26-17/h4-10,19,21H,11-13H2,1-3H3. The number of hydrazone groups is 1. The Kier molecular flexibility index (Phi) is 6.13. The van der Waals surface area contributed by atoms with Gasteiger partial charge in [0.2, 0.25) is 18.3 Å². The molecule has 0 saturated heterocycles. The molecule has 154 valence electrons. The highest BCUT2D eigenvalue weighted by molar-refractivity contribution is 7.98. The zero-order valence-corrected chi connectivity index (χ0v) is 17.5. The van der Waals surface area contributed by atoms with Crippen molar-refractivity contribution in [3.8, 4) is 11.5 Å². The van der Waals surface area contributed by atoms with Gasteiger partial charge in [-0.15, -0.1) is 5.10 Å². The van der Waals surface area contributed by atoms with Crippen molar-refractivity contribution in [2.45, 2.75) is 24.5 Å². The fourth-order valence-corrected chi connectivity index (χ4v) is 3.99. The number of hydrogen-bond donors (Lipinski definition) is 0. The molecule has 2 heterocycles. The van der Waals surface area contributed by atoms with Gasteiger partial charge in [-0.3, -0.25) is 0 Å². The van der Waals surface area contributed by atoms with Gasteiger partial charge < -0.3 is 23.7 Å². The van der Waals surface area contributed by atoms with Gasteiger partial charge in [-0.25, -0.2) is 5.01 Å². The average molecular weight is 416 g/mol. The zero-order valence-electron chi connectivity index (χ0n) is 16.7. The Hall–Kier alpha value is -2.42. The topological polar surface area (TPSA) is 61.8 Å². The number of nitrogens with zero attached hydrogens (tertiary/aromatic N) is 2. The summed E-state index contributed by atoms with van der Waals surface area (Å²) in [5.41, 5.74) is 3.03. The highest BCUT2D eigenvalue weighted by Gasteiger charge is 2.32. The van der Waals surface area contributed by atoms with Gasteiger partial charge in [0, 0.05) is 25.5 Å². The van der Waals surface area contributed by atoms with E-state index in [1.54, 1.807) is 26.0 Å². The summed E-state index contributed by atoms with van der Waals surface area (Å²) in [6, 6.07) is 14.2. The van der Waals surface area contributed by atoms with Crippen molar-refractivity contribution < 1.29 is 23.7 Å². The van der Waals surface area contributed by atoms with E-state index in [4.69, 9.17) is 23.7 Å². The van der Waals surface area contributed by atoms with Gasteiger partial charge in [0.15, 0.2) is 17.8 Å². The van der Waals surface area contributed by atoms with Crippen LogP contribution in [0.2, 0.25) is 0 Å². The third-order valence-corrected chi connectivity index (χ3v) is 5.79. The number of benzene rings is 2. The van der Waals surface area contributed by atoms with Crippen molar-refractivity contribution in [1.82, 2.24) is 5.01 Å². The minimum atomic E-state index is -0.402. The molecule has 1 atom stereocenters. The van der Waals surface area contributed by atoms with Gasteiger partial charge in [-0.1, -0.05) is 41.6 Å². The minimum Gasteiger partial charge on any atom is -0.454 e. The maximum Gasteiger partial charge on any atom is 0.241 e. The molecule has 0 spiro atoms. The van der Waals surface area contributed by atoms with Crippen LogP contribution in [0.5, 0.6) is 11.5 Å². The van der Waals surface area contributed by atoms with E-state index in [9.17, 15) is 0 Å². The maximum absolute atomic E-state index is 6.19. The molecule has 2 aliphatic rings. The van der Waals surface area contributed by atoms with Crippen LogP contribution in [0.4, 0.5) is 0 Å². The lowest BCUT2D eigenvalue weighted by Gasteiger charge is -2.24. The highest BCUT2D eigenvalue weighted by Crippen LogP contribution is 2.35. The lowest BCUT2D eigenvalue weighted by Crippen LogP contribution is -2.34. The molecule has 0 amide bonds.